The van der Waals surface area contributed by atoms with Crippen molar-refractivity contribution in [2.24, 2.45) is 0 Å². The lowest BCUT2D eigenvalue weighted by Gasteiger charge is -2.18. The van der Waals surface area contributed by atoms with Crippen LogP contribution in [0.4, 0.5) is 5.69 Å². The van der Waals surface area contributed by atoms with Gasteiger partial charge in [0.1, 0.15) is 12.6 Å². The van der Waals surface area contributed by atoms with Crippen LogP contribution >= 0.6 is 0 Å². The molecule has 1 aromatic carbocycles. The maximum Gasteiger partial charge on any atom is 0.321 e. The van der Waals surface area contributed by atoms with E-state index in [1.807, 2.05) is 0 Å². The van der Waals surface area contributed by atoms with E-state index in [0.29, 0.717) is 6.42 Å². The lowest BCUT2D eigenvalue weighted by molar-refractivity contribution is -0.384. The zero-order valence-electron chi connectivity index (χ0n) is 15.3. The number of ether oxygens (including phenoxy) is 1. The van der Waals surface area contributed by atoms with Crippen molar-refractivity contribution in [3.8, 4) is 0 Å². The van der Waals surface area contributed by atoms with Gasteiger partial charge in [0.25, 0.3) is 5.69 Å². The summed E-state index contributed by atoms with van der Waals surface area (Å²) in [5.41, 5.74) is -0.361. The number of sulfonamides is 1. The van der Waals surface area contributed by atoms with E-state index in [4.69, 9.17) is 8.85 Å². The first kappa shape index (κ1) is 14.3. The summed E-state index contributed by atoms with van der Waals surface area (Å²) in [6.07, 6.45) is 1.04. The zero-order valence-corrected chi connectivity index (χ0v) is 13.2. The summed E-state index contributed by atoms with van der Waals surface area (Å²) in [6.45, 7) is 0.961. The third-order valence-corrected chi connectivity index (χ3v) is 4.43. The van der Waals surface area contributed by atoms with E-state index in [0.717, 1.165) is 24.3 Å². The molecule has 1 rings (SSSR count). The fourth-order valence-corrected chi connectivity index (χ4v) is 2.58. The summed E-state index contributed by atoms with van der Waals surface area (Å²) in [7, 11) is -4.62. The molecule has 0 spiro atoms. The highest BCUT2D eigenvalue weighted by atomic mass is 32.2. The second kappa shape index (κ2) is 7.84. The fourth-order valence-electron chi connectivity index (χ4n) is 1.57. The maximum absolute atomic E-state index is 12.6. The summed E-state index contributed by atoms with van der Waals surface area (Å²) in [5.74, 6) is -1.06. The van der Waals surface area contributed by atoms with Crippen LogP contribution in [0.15, 0.2) is 41.8 Å². The number of nitro benzene ring substituents is 1. The van der Waals surface area contributed by atoms with E-state index in [9.17, 15) is 23.3 Å². The number of nitro groups is 1. The van der Waals surface area contributed by atoms with Gasteiger partial charge in [0.05, 0.1) is 9.82 Å². The van der Waals surface area contributed by atoms with Crippen molar-refractivity contribution in [1.29, 1.82) is 0 Å². The number of benzene rings is 1. The number of non-ortho nitro benzene ring substituents is 1. The predicted molar refractivity (Wildman–Crippen MR) is 83.3 cm³/mol. The Hall–Kier alpha value is -2.26. The van der Waals surface area contributed by atoms with Gasteiger partial charge < -0.3 is 4.74 Å². The summed E-state index contributed by atoms with van der Waals surface area (Å²) < 4.78 is 52.4. The zero-order chi connectivity index (χ0) is 20.1. The van der Waals surface area contributed by atoms with Gasteiger partial charge in [-0.2, -0.15) is 4.31 Å². The molecule has 0 aliphatic carbocycles. The van der Waals surface area contributed by atoms with Crippen LogP contribution in [-0.2, 0) is 19.6 Å². The molecule has 8 nitrogen and oxygen atoms in total. The molecule has 0 saturated heterocycles. The van der Waals surface area contributed by atoms with Crippen molar-refractivity contribution >= 4 is 21.7 Å². The van der Waals surface area contributed by atoms with Gasteiger partial charge in [-0.3, -0.25) is 14.9 Å². The Bertz CT molecular complexity index is 777. The quantitative estimate of drug-likeness (QED) is 0.307. The highest BCUT2D eigenvalue weighted by molar-refractivity contribution is 7.89. The second-order valence-electron chi connectivity index (χ2n) is 4.43. The summed E-state index contributed by atoms with van der Waals surface area (Å²) in [6, 6.07) is 3.65. The molecule has 1 unspecified atom stereocenters. The predicted octanol–water partition coefficient (Wildman–Crippen LogP) is 1.72. The molecule has 0 bridgehead atoms. The third-order valence-electron chi connectivity index (χ3n) is 2.86. The Morgan fingerprint density at radius 2 is 2.13 bits per heavy atom. The summed E-state index contributed by atoms with van der Waals surface area (Å²) in [5, 5.41) is 10.6. The van der Waals surface area contributed by atoms with Crippen LogP contribution in [0.25, 0.3) is 0 Å². The molecule has 0 fully saturated rings. The number of carbonyl (C=O) groups excluding carboxylic acids is 1. The van der Waals surface area contributed by atoms with Gasteiger partial charge in [-0.15, -0.1) is 0 Å². The van der Waals surface area contributed by atoms with Gasteiger partial charge in [-0.1, -0.05) is 19.6 Å². The minimum absolute atomic E-state index is 0.0132. The van der Waals surface area contributed by atoms with Gasteiger partial charge in [-0.25, -0.2) is 8.42 Å². The topological polar surface area (TPSA) is 107 Å². The first-order valence-corrected chi connectivity index (χ1v) is 7.96. The molecule has 0 heterocycles. The molecule has 0 radical (unpaired) electrons. The average molecular weight is 345 g/mol. The molecular formula is C14H18N2O6S. The number of hydrogen-bond donors (Lipinski definition) is 0. The first-order valence-electron chi connectivity index (χ1n) is 8.02. The molecule has 0 saturated carbocycles. The van der Waals surface area contributed by atoms with Gasteiger partial charge in [-0.05, 0) is 18.6 Å². The minimum atomic E-state index is -4.62. The van der Waals surface area contributed by atoms with Crippen molar-refractivity contribution < 1.29 is 27.0 Å². The summed E-state index contributed by atoms with van der Waals surface area (Å²) >= 11 is 0. The van der Waals surface area contributed by atoms with Crippen molar-refractivity contribution in [3.05, 3.63) is 47.0 Å². The largest absolute Gasteiger partial charge is 0.457 e. The Kier molecular flexibility index (Phi) is 4.89. The minimum Gasteiger partial charge on any atom is -0.457 e. The van der Waals surface area contributed by atoms with Crippen molar-refractivity contribution in [2.45, 2.75) is 24.3 Å². The average Bonchev–Trinajstić information content (AvgIpc) is 2.56. The second-order valence-corrected chi connectivity index (χ2v) is 6.30. The molecule has 23 heavy (non-hydrogen) atoms. The molecule has 1 atom stereocenters. The Morgan fingerprint density at radius 1 is 1.52 bits per heavy atom. The van der Waals surface area contributed by atoms with E-state index in [2.05, 4.69) is 6.58 Å². The van der Waals surface area contributed by atoms with Crippen LogP contribution in [0.5, 0.6) is 0 Å². The Labute approximate surface area is 138 Å². The van der Waals surface area contributed by atoms with Gasteiger partial charge in [0, 0.05) is 23.2 Å². The van der Waals surface area contributed by atoms with Crippen LogP contribution in [0.2, 0.25) is 0 Å². The van der Waals surface area contributed by atoms with Gasteiger partial charge in [0.15, 0.2) is 0 Å². The molecule has 0 aliphatic rings. The van der Waals surface area contributed by atoms with E-state index in [1.54, 1.807) is 6.92 Å². The number of esters is 1. The third kappa shape index (κ3) is 4.86. The lowest BCUT2D eigenvalue weighted by Crippen LogP contribution is -2.34. The monoisotopic (exact) mass is 345 g/mol. The van der Waals surface area contributed by atoms with E-state index < -0.39 is 45.4 Å². The number of rotatable bonds is 8. The molecule has 0 amide bonds. The lowest BCUT2D eigenvalue weighted by atomic mass is 10.3. The van der Waals surface area contributed by atoms with Gasteiger partial charge >= 0.3 is 5.97 Å². The first-order chi connectivity index (χ1) is 11.9. The van der Waals surface area contributed by atoms with E-state index in [1.165, 1.54) is 6.08 Å². The van der Waals surface area contributed by atoms with Crippen molar-refractivity contribution in [1.82, 2.24) is 4.31 Å². The highest BCUT2D eigenvalue weighted by Crippen LogP contribution is 2.18. The molecule has 0 N–H and O–H groups in total. The van der Waals surface area contributed by atoms with Crippen molar-refractivity contribution in [3.63, 3.8) is 0 Å². The molecule has 9 heteroatoms. The Morgan fingerprint density at radius 3 is 2.57 bits per heavy atom. The van der Waals surface area contributed by atoms with Crippen LogP contribution in [0, 0.1) is 10.1 Å². The Balaban J connectivity index is 3.17. The molecule has 0 aromatic heterocycles. The fraction of sp³-hybridized carbons (Fsp3) is 0.357. The number of carbonyl (C=O) groups is 1. The molecular weight excluding hydrogens is 324 g/mol. The number of likely N-dealkylation sites (N-methyl/N-ethyl adjacent to an activating group) is 1. The number of hydrogen-bond acceptors (Lipinski definition) is 6. The summed E-state index contributed by atoms with van der Waals surface area (Å²) in [4.78, 5) is 21.4. The van der Waals surface area contributed by atoms with Crippen LogP contribution < -0.4 is 0 Å². The SMILES string of the molecule is [2H]C([2H])([2H])N(CC(=O)OC(C=C)CC)S(=O)(=O)c1ccc([N+](=O)[O-])cc1. The standard InChI is InChI=1S/C14H18N2O6S/c1-4-12(5-2)22-14(17)10-15(3)23(20,21)13-8-6-11(7-9-13)16(18)19/h4,6-9,12H,1,5,10H2,2-3H3/i3D3. The van der Waals surface area contributed by atoms with Crippen LogP contribution in [0.3, 0.4) is 0 Å². The number of nitrogens with zero attached hydrogens (tertiary/aromatic N) is 2. The molecule has 1 aromatic rings. The smallest absolute Gasteiger partial charge is 0.321 e. The maximum atomic E-state index is 12.6. The van der Waals surface area contributed by atoms with Gasteiger partial charge in [0.2, 0.25) is 10.0 Å². The highest BCUT2D eigenvalue weighted by Gasteiger charge is 2.24. The van der Waals surface area contributed by atoms with Crippen LogP contribution in [-0.4, -0.2) is 43.2 Å². The normalized spacial score (nSPS) is 15.1. The van der Waals surface area contributed by atoms with Crippen molar-refractivity contribution in [2.75, 3.05) is 13.5 Å². The van der Waals surface area contributed by atoms with Crippen LogP contribution in [0.1, 0.15) is 17.5 Å². The molecule has 0 aliphatic heterocycles. The van der Waals surface area contributed by atoms with E-state index in [-0.39, 0.29) is 9.99 Å². The molecule has 126 valence electrons. The van der Waals surface area contributed by atoms with E-state index >= 15 is 0 Å².